The van der Waals surface area contributed by atoms with E-state index in [1.54, 1.807) is 6.92 Å². The van der Waals surface area contributed by atoms with Gasteiger partial charge in [0, 0.05) is 12.1 Å². The van der Waals surface area contributed by atoms with Crippen LogP contribution in [-0.2, 0) is 9.59 Å². The van der Waals surface area contributed by atoms with E-state index in [2.05, 4.69) is 5.32 Å². The van der Waals surface area contributed by atoms with E-state index in [9.17, 15) is 22.8 Å². The van der Waals surface area contributed by atoms with E-state index in [1.807, 2.05) is 0 Å². The average Bonchev–Trinajstić information content (AvgIpc) is 2.38. The number of carbonyl (C=O) groups excluding carboxylic acids is 2. The predicted molar refractivity (Wildman–Crippen MR) is 65.5 cm³/mol. The Labute approximate surface area is 113 Å². The maximum absolute atomic E-state index is 13.8. The molecule has 1 aromatic rings. The molecule has 0 saturated carbocycles. The largest absolute Gasteiger partial charge is 0.340 e. The van der Waals surface area contributed by atoms with Gasteiger partial charge in [-0.15, -0.1) is 0 Å². The molecule has 1 aromatic carbocycles. The summed E-state index contributed by atoms with van der Waals surface area (Å²) in [7, 11) is 0. The number of carbonyl (C=O) groups is 2. The van der Waals surface area contributed by atoms with Crippen molar-refractivity contribution in [2.45, 2.75) is 25.8 Å². The molecule has 1 unspecified atom stereocenters. The zero-order valence-corrected chi connectivity index (χ0v) is 11.0. The van der Waals surface area contributed by atoms with Crippen LogP contribution in [0, 0.1) is 17.5 Å². The molecule has 20 heavy (non-hydrogen) atoms. The molecule has 0 bridgehead atoms. The summed E-state index contributed by atoms with van der Waals surface area (Å²) in [4.78, 5) is 24.7. The van der Waals surface area contributed by atoms with Crippen LogP contribution in [0.15, 0.2) is 12.1 Å². The summed E-state index contributed by atoms with van der Waals surface area (Å²) < 4.78 is 40.2. The van der Waals surface area contributed by atoms with Gasteiger partial charge in [0.15, 0.2) is 11.6 Å². The lowest BCUT2D eigenvalue weighted by molar-refractivity contribution is -0.135. The number of anilines is 1. The monoisotopic (exact) mass is 286 g/mol. The molecule has 0 aliphatic carbocycles. The smallest absolute Gasteiger partial charge is 0.253 e. The molecule has 108 valence electrons. The fourth-order valence-corrected chi connectivity index (χ4v) is 2.09. The second-order valence-corrected chi connectivity index (χ2v) is 4.85. The van der Waals surface area contributed by atoms with Crippen LogP contribution in [0.5, 0.6) is 0 Å². The third-order valence-corrected chi connectivity index (χ3v) is 3.41. The maximum Gasteiger partial charge on any atom is 0.253 e. The van der Waals surface area contributed by atoms with Crippen LogP contribution in [-0.4, -0.2) is 23.9 Å². The van der Waals surface area contributed by atoms with Gasteiger partial charge in [-0.05, 0) is 13.3 Å². The number of halogens is 3. The molecule has 1 saturated heterocycles. The minimum Gasteiger partial charge on any atom is -0.340 e. The molecule has 1 aliphatic heterocycles. The van der Waals surface area contributed by atoms with Crippen LogP contribution in [0.3, 0.4) is 0 Å². The van der Waals surface area contributed by atoms with Gasteiger partial charge in [0.05, 0.1) is 5.69 Å². The summed E-state index contributed by atoms with van der Waals surface area (Å²) in [6.07, 6.45) is 0.271. The summed E-state index contributed by atoms with van der Waals surface area (Å²) in [5.41, 5.74) is -1.79. The fourth-order valence-electron chi connectivity index (χ4n) is 2.09. The molecule has 2 amide bonds. The zero-order valence-electron chi connectivity index (χ0n) is 11.0. The van der Waals surface area contributed by atoms with Gasteiger partial charge in [-0.1, -0.05) is 6.92 Å². The van der Waals surface area contributed by atoms with Gasteiger partial charge >= 0.3 is 0 Å². The summed E-state index contributed by atoms with van der Waals surface area (Å²) in [6.45, 7) is 2.67. The maximum atomic E-state index is 13.8. The van der Waals surface area contributed by atoms with Crippen LogP contribution in [0.1, 0.15) is 20.3 Å². The highest BCUT2D eigenvalue weighted by atomic mass is 19.2. The van der Waals surface area contributed by atoms with E-state index < -0.39 is 47.0 Å². The lowest BCUT2D eigenvalue weighted by Gasteiger charge is -2.39. The number of nitrogens with one attached hydrogen (secondary N) is 1. The second-order valence-electron chi connectivity index (χ2n) is 4.85. The highest BCUT2D eigenvalue weighted by Gasteiger charge is 2.43. The summed E-state index contributed by atoms with van der Waals surface area (Å²) in [5, 5.41) is 2.50. The van der Waals surface area contributed by atoms with Crippen molar-refractivity contribution < 1.29 is 22.8 Å². The first-order valence-corrected chi connectivity index (χ1v) is 6.06. The van der Waals surface area contributed by atoms with Crippen molar-refractivity contribution in [2.24, 2.45) is 0 Å². The van der Waals surface area contributed by atoms with Gasteiger partial charge in [-0.2, -0.15) is 0 Å². The Morgan fingerprint density at radius 1 is 1.30 bits per heavy atom. The number of rotatable bonds is 2. The van der Waals surface area contributed by atoms with Crippen molar-refractivity contribution in [3.05, 3.63) is 29.6 Å². The molecule has 1 aliphatic rings. The van der Waals surface area contributed by atoms with Crippen molar-refractivity contribution in [2.75, 3.05) is 11.4 Å². The van der Waals surface area contributed by atoms with Crippen LogP contribution in [0.4, 0.5) is 18.9 Å². The molecule has 7 heteroatoms. The van der Waals surface area contributed by atoms with Crippen molar-refractivity contribution in [1.29, 1.82) is 0 Å². The Morgan fingerprint density at radius 2 is 1.95 bits per heavy atom. The molecular weight excluding hydrogens is 273 g/mol. The molecule has 0 radical (unpaired) electrons. The number of nitrogens with zero attached hydrogens (tertiary/aromatic N) is 1. The van der Waals surface area contributed by atoms with Gasteiger partial charge < -0.3 is 5.32 Å². The molecule has 0 spiro atoms. The molecule has 1 heterocycles. The van der Waals surface area contributed by atoms with Crippen LogP contribution >= 0.6 is 0 Å². The topological polar surface area (TPSA) is 49.4 Å². The quantitative estimate of drug-likeness (QED) is 0.842. The first-order chi connectivity index (χ1) is 9.28. The fraction of sp³-hybridized carbons (Fsp3) is 0.385. The Balaban J connectivity index is 2.51. The van der Waals surface area contributed by atoms with Crippen molar-refractivity contribution in [3.63, 3.8) is 0 Å². The Morgan fingerprint density at radius 3 is 2.55 bits per heavy atom. The first-order valence-electron chi connectivity index (χ1n) is 6.06. The Kier molecular flexibility index (Phi) is 3.45. The van der Waals surface area contributed by atoms with Gasteiger partial charge in [-0.3, -0.25) is 14.5 Å². The third kappa shape index (κ3) is 2.23. The number of amides is 2. The van der Waals surface area contributed by atoms with Crippen molar-refractivity contribution in [1.82, 2.24) is 5.32 Å². The predicted octanol–water partition coefficient (Wildman–Crippen LogP) is 1.74. The minimum absolute atomic E-state index is 0.271. The standard InChI is InChI=1S/C13H13F3N2O2/c1-3-13(2)12(20)18(6-10(19)17-13)9-5-7(14)4-8(15)11(9)16/h4-5H,3,6H2,1-2H3,(H,17,19). The Bertz CT molecular complexity index is 591. The SMILES string of the molecule is CCC1(C)NC(=O)CN(c2cc(F)cc(F)c2F)C1=O. The first kappa shape index (κ1) is 14.4. The van der Waals surface area contributed by atoms with E-state index in [4.69, 9.17) is 0 Å². The van der Waals surface area contributed by atoms with E-state index in [0.717, 1.165) is 4.90 Å². The minimum atomic E-state index is -1.41. The molecule has 1 N–H and O–H groups in total. The van der Waals surface area contributed by atoms with E-state index >= 15 is 0 Å². The average molecular weight is 286 g/mol. The summed E-state index contributed by atoms with van der Waals surface area (Å²) in [6, 6.07) is 1.08. The molecule has 2 rings (SSSR count). The molecule has 1 atom stereocenters. The van der Waals surface area contributed by atoms with Gasteiger partial charge in [0.25, 0.3) is 5.91 Å². The zero-order chi connectivity index (χ0) is 15.1. The molecule has 0 aromatic heterocycles. The van der Waals surface area contributed by atoms with Gasteiger partial charge in [-0.25, -0.2) is 13.2 Å². The number of hydrogen-bond donors (Lipinski definition) is 1. The van der Waals surface area contributed by atoms with E-state index in [0.29, 0.717) is 12.1 Å². The molecular formula is C13H13F3N2O2. The van der Waals surface area contributed by atoms with Gasteiger partial charge in [0.1, 0.15) is 17.9 Å². The normalized spacial score (nSPS) is 22.9. The number of benzene rings is 1. The highest BCUT2D eigenvalue weighted by Crippen LogP contribution is 2.28. The highest BCUT2D eigenvalue weighted by molar-refractivity contribution is 6.08. The van der Waals surface area contributed by atoms with Crippen LogP contribution < -0.4 is 10.2 Å². The number of piperazine rings is 1. The summed E-state index contributed by atoms with van der Waals surface area (Å²) >= 11 is 0. The van der Waals surface area contributed by atoms with Crippen molar-refractivity contribution >= 4 is 17.5 Å². The number of hydrogen-bond acceptors (Lipinski definition) is 2. The van der Waals surface area contributed by atoms with Crippen molar-refractivity contribution in [3.8, 4) is 0 Å². The lowest BCUT2D eigenvalue weighted by Crippen LogP contribution is -2.65. The molecule has 4 nitrogen and oxygen atoms in total. The third-order valence-electron chi connectivity index (χ3n) is 3.41. The molecule has 1 fully saturated rings. The van der Waals surface area contributed by atoms with E-state index in [-0.39, 0.29) is 6.42 Å². The van der Waals surface area contributed by atoms with Crippen LogP contribution in [0.25, 0.3) is 0 Å². The van der Waals surface area contributed by atoms with Gasteiger partial charge in [0.2, 0.25) is 5.91 Å². The Hall–Kier alpha value is -2.05. The van der Waals surface area contributed by atoms with E-state index in [1.165, 1.54) is 6.92 Å². The summed E-state index contributed by atoms with van der Waals surface area (Å²) in [5.74, 6) is -4.90. The second kappa shape index (κ2) is 4.81. The lowest BCUT2D eigenvalue weighted by atomic mass is 9.94. The van der Waals surface area contributed by atoms with Crippen LogP contribution in [0.2, 0.25) is 0 Å².